The van der Waals surface area contributed by atoms with Gasteiger partial charge in [-0.2, -0.15) is 8.42 Å². The van der Waals surface area contributed by atoms with Crippen LogP contribution in [-0.4, -0.2) is 13.0 Å². The molecule has 0 aliphatic rings. The lowest BCUT2D eigenvalue weighted by Gasteiger charge is -2.18. The van der Waals surface area contributed by atoms with E-state index in [0.717, 1.165) is 44.0 Å². The second-order valence-corrected chi connectivity index (χ2v) is 10.2. The van der Waals surface area contributed by atoms with Crippen LogP contribution in [0.4, 0.5) is 0 Å². The monoisotopic (exact) mass is 486 g/mol. The molecule has 0 unspecified atom stereocenters. The molecule has 0 fully saturated rings. The van der Waals surface area contributed by atoms with E-state index in [0.29, 0.717) is 0 Å². The minimum atomic E-state index is -4.30. The van der Waals surface area contributed by atoms with Crippen LogP contribution in [0, 0.1) is 0 Å². The van der Waals surface area contributed by atoms with E-state index in [4.69, 9.17) is 0 Å². The van der Waals surface area contributed by atoms with Gasteiger partial charge in [-0.1, -0.05) is 109 Å². The van der Waals surface area contributed by atoms with Crippen LogP contribution in [0.5, 0.6) is 0 Å². The van der Waals surface area contributed by atoms with Gasteiger partial charge in [0.15, 0.2) is 0 Å². The minimum absolute atomic E-state index is 0.119. The smallest absolute Gasteiger partial charge is 0.282 e. The molecule has 0 atom stereocenters. The van der Waals surface area contributed by atoms with Crippen molar-refractivity contribution in [1.29, 1.82) is 0 Å². The molecule has 0 aromatic heterocycles. The molecule has 0 bridgehead atoms. The van der Waals surface area contributed by atoms with E-state index in [2.05, 4.69) is 72.8 Å². The Bertz CT molecular complexity index is 1840. The molecule has 0 saturated carbocycles. The number of fused-ring (bicyclic) bond motifs is 2. The van der Waals surface area contributed by atoms with Gasteiger partial charge < -0.3 is 0 Å². The fourth-order valence-electron chi connectivity index (χ4n) is 5.03. The molecule has 0 amide bonds. The Hall–Kier alpha value is -4.25. The molecule has 0 radical (unpaired) electrons. The third kappa shape index (κ3) is 3.87. The van der Waals surface area contributed by atoms with Gasteiger partial charge in [0.1, 0.15) is 0 Å². The molecule has 6 aromatic rings. The highest BCUT2D eigenvalue weighted by Gasteiger charge is 2.17. The van der Waals surface area contributed by atoms with Gasteiger partial charge >= 0.3 is 0 Å². The summed E-state index contributed by atoms with van der Waals surface area (Å²) in [6.07, 6.45) is 0. The van der Waals surface area contributed by atoms with Crippen LogP contribution < -0.4 is 0 Å². The number of hydrogen-bond donors (Lipinski definition) is 1. The molecular formula is C32H22O3S. The van der Waals surface area contributed by atoms with E-state index in [-0.39, 0.29) is 4.90 Å². The first-order chi connectivity index (χ1) is 17.5. The predicted molar refractivity (Wildman–Crippen MR) is 148 cm³/mol. The van der Waals surface area contributed by atoms with Crippen LogP contribution in [-0.2, 0) is 10.1 Å². The van der Waals surface area contributed by atoms with Crippen LogP contribution in [0.1, 0.15) is 0 Å². The van der Waals surface area contributed by atoms with Crippen molar-refractivity contribution in [2.75, 3.05) is 0 Å². The molecule has 174 valence electrons. The highest BCUT2D eigenvalue weighted by molar-refractivity contribution is 7.85. The quantitative estimate of drug-likeness (QED) is 0.202. The summed E-state index contributed by atoms with van der Waals surface area (Å²) in [6, 6.07) is 41.9. The van der Waals surface area contributed by atoms with Gasteiger partial charge in [-0.25, -0.2) is 0 Å². The number of rotatable bonds is 4. The van der Waals surface area contributed by atoms with Crippen LogP contribution in [0.15, 0.2) is 132 Å². The summed E-state index contributed by atoms with van der Waals surface area (Å²) in [5.74, 6) is 0. The lowest BCUT2D eigenvalue weighted by Crippen LogP contribution is -1.97. The van der Waals surface area contributed by atoms with Crippen molar-refractivity contribution in [3.63, 3.8) is 0 Å². The van der Waals surface area contributed by atoms with Crippen molar-refractivity contribution < 1.29 is 13.0 Å². The van der Waals surface area contributed by atoms with Crippen molar-refractivity contribution in [1.82, 2.24) is 0 Å². The van der Waals surface area contributed by atoms with Crippen molar-refractivity contribution in [2.24, 2.45) is 0 Å². The van der Waals surface area contributed by atoms with Gasteiger partial charge in [-0.3, -0.25) is 4.55 Å². The van der Waals surface area contributed by atoms with Crippen molar-refractivity contribution in [3.05, 3.63) is 127 Å². The molecule has 6 aromatic carbocycles. The largest absolute Gasteiger partial charge is 0.294 e. The molecule has 4 heteroatoms. The molecule has 3 nitrogen and oxygen atoms in total. The molecule has 36 heavy (non-hydrogen) atoms. The van der Waals surface area contributed by atoms with Crippen LogP contribution in [0.25, 0.3) is 54.9 Å². The summed E-state index contributed by atoms with van der Waals surface area (Å²) in [7, 11) is -4.30. The number of benzene rings is 6. The maximum Gasteiger partial charge on any atom is 0.294 e. The SMILES string of the molecule is O=S(=O)(O)c1cccc(-c2ccc3c(-c4ccccc4)c4ccccc4c(-c4ccccc4)c3c2)c1. The summed E-state index contributed by atoms with van der Waals surface area (Å²) < 4.78 is 33.1. The highest BCUT2D eigenvalue weighted by atomic mass is 32.2. The Kier molecular flexibility index (Phi) is 5.41. The van der Waals surface area contributed by atoms with Crippen LogP contribution in [0.3, 0.4) is 0 Å². The van der Waals surface area contributed by atoms with Crippen LogP contribution in [0.2, 0.25) is 0 Å². The van der Waals surface area contributed by atoms with E-state index >= 15 is 0 Å². The second-order valence-electron chi connectivity index (χ2n) is 8.79. The molecule has 0 aliphatic carbocycles. The van der Waals surface area contributed by atoms with Gasteiger partial charge in [0, 0.05) is 0 Å². The zero-order chi connectivity index (χ0) is 24.7. The maximum absolute atomic E-state index is 11.8. The zero-order valence-corrected chi connectivity index (χ0v) is 20.1. The number of hydrogen-bond acceptors (Lipinski definition) is 2. The average Bonchev–Trinajstić information content (AvgIpc) is 2.92. The van der Waals surface area contributed by atoms with Gasteiger partial charge in [0.2, 0.25) is 0 Å². The van der Waals surface area contributed by atoms with E-state index < -0.39 is 10.1 Å². The maximum atomic E-state index is 11.8. The van der Waals surface area contributed by atoms with Crippen molar-refractivity contribution in [2.45, 2.75) is 4.90 Å². The summed E-state index contributed by atoms with van der Waals surface area (Å²) >= 11 is 0. The fourth-order valence-corrected chi connectivity index (χ4v) is 5.55. The molecule has 0 aliphatic heterocycles. The standard InChI is InChI=1S/C32H22O3S/c33-36(34,35)26-15-9-14-24(20-26)25-18-19-29-30(21-25)32(23-12-5-2-6-13-23)28-17-8-7-16-27(28)31(29)22-10-3-1-4-11-22/h1-21H,(H,33,34,35). The van der Waals surface area contributed by atoms with Gasteiger partial charge in [0.25, 0.3) is 10.1 Å². The Morgan fingerprint density at radius 1 is 0.417 bits per heavy atom. The van der Waals surface area contributed by atoms with E-state index in [1.54, 1.807) is 6.07 Å². The van der Waals surface area contributed by atoms with E-state index in [1.165, 1.54) is 23.1 Å². The van der Waals surface area contributed by atoms with Crippen LogP contribution >= 0.6 is 0 Å². The molecule has 6 rings (SSSR count). The Morgan fingerprint density at radius 3 is 1.47 bits per heavy atom. The second kappa shape index (κ2) is 8.76. The first-order valence-corrected chi connectivity index (χ1v) is 13.1. The average molecular weight is 487 g/mol. The predicted octanol–water partition coefficient (Wildman–Crippen LogP) is 8.24. The summed E-state index contributed by atoms with van der Waals surface area (Å²) in [6.45, 7) is 0. The topological polar surface area (TPSA) is 54.4 Å². The Labute approximate surface area is 210 Å². The first-order valence-electron chi connectivity index (χ1n) is 11.7. The molecule has 0 spiro atoms. The lowest BCUT2D eigenvalue weighted by atomic mass is 9.85. The molecule has 1 N–H and O–H groups in total. The van der Waals surface area contributed by atoms with E-state index in [9.17, 15) is 13.0 Å². The summed E-state index contributed by atoms with van der Waals surface area (Å²) in [5, 5.41) is 4.53. The molecule has 0 heterocycles. The highest BCUT2D eigenvalue weighted by Crippen LogP contribution is 2.44. The third-order valence-electron chi connectivity index (χ3n) is 6.61. The lowest BCUT2D eigenvalue weighted by molar-refractivity contribution is 0.483. The first kappa shape index (κ1) is 22.2. The van der Waals surface area contributed by atoms with Gasteiger partial charge in [-0.15, -0.1) is 0 Å². The molecular weight excluding hydrogens is 464 g/mol. The summed E-state index contributed by atoms with van der Waals surface area (Å²) in [5.41, 5.74) is 6.15. The summed E-state index contributed by atoms with van der Waals surface area (Å²) in [4.78, 5) is -0.119. The third-order valence-corrected chi connectivity index (χ3v) is 7.46. The molecule has 0 saturated heterocycles. The zero-order valence-electron chi connectivity index (χ0n) is 19.3. The van der Waals surface area contributed by atoms with Gasteiger partial charge in [0.05, 0.1) is 4.90 Å². The fraction of sp³-hybridized carbons (Fsp3) is 0. The Balaban J connectivity index is 1.74. The van der Waals surface area contributed by atoms with Crippen molar-refractivity contribution >= 4 is 31.7 Å². The Morgan fingerprint density at radius 2 is 0.889 bits per heavy atom. The van der Waals surface area contributed by atoms with E-state index in [1.807, 2.05) is 36.4 Å². The van der Waals surface area contributed by atoms with Crippen molar-refractivity contribution in [3.8, 4) is 33.4 Å². The van der Waals surface area contributed by atoms with Gasteiger partial charge in [-0.05, 0) is 73.1 Å². The normalized spacial score (nSPS) is 11.7. The minimum Gasteiger partial charge on any atom is -0.282 e.